The first kappa shape index (κ1) is 20.7. The second-order valence-electron chi connectivity index (χ2n) is 6.85. The van der Waals surface area contributed by atoms with Gasteiger partial charge >= 0.3 is 5.97 Å². The van der Waals surface area contributed by atoms with Crippen molar-refractivity contribution in [2.24, 2.45) is 0 Å². The van der Waals surface area contributed by atoms with E-state index in [0.717, 1.165) is 11.3 Å². The Balaban J connectivity index is 1.95. The van der Waals surface area contributed by atoms with Crippen LogP contribution in [0.1, 0.15) is 48.5 Å². The molecule has 2 unspecified atom stereocenters. The lowest BCUT2D eigenvalue weighted by Crippen LogP contribution is -2.31. The Hall–Kier alpha value is -3.00. The smallest absolute Gasteiger partial charge is 0.329 e. The van der Waals surface area contributed by atoms with Gasteiger partial charge in [-0.2, -0.15) is 0 Å². The van der Waals surface area contributed by atoms with Crippen molar-refractivity contribution in [3.63, 3.8) is 0 Å². The van der Waals surface area contributed by atoms with Crippen LogP contribution in [0.25, 0.3) is 10.2 Å². The summed E-state index contributed by atoms with van der Waals surface area (Å²) in [6.45, 7) is 7.03. The number of rotatable bonds is 6. The number of ether oxygens (including phenoxy) is 1. The average Bonchev–Trinajstić information content (AvgIpc) is 3.05. The summed E-state index contributed by atoms with van der Waals surface area (Å²) in [7, 11) is 0. The van der Waals surface area contributed by atoms with Gasteiger partial charge in [0.25, 0.3) is 11.5 Å². The Labute approximate surface area is 172 Å². The van der Waals surface area contributed by atoms with Crippen LogP contribution >= 0.6 is 11.3 Å². The summed E-state index contributed by atoms with van der Waals surface area (Å²) in [6.07, 6.45) is 1.80. The minimum Gasteiger partial charge on any atom is -0.461 e. The van der Waals surface area contributed by atoms with Crippen molar-refractivity contribution < 1.29 is 14.3 Å². The fourth-order valence-electron chi connectivity index (χ4n) is 2.83. The molecular formula is C21H23N3O4S. The molecule has 1 amide bonds. The van der Waals surface area contributed by atoms with E-state index < -0.39 is 12.0 Å². The first-order valence-corrected chi connectivity index (χ1v) is 10.2. The Morgan fingerprint density at radius 1 is 1.24 bits per heavy atom. The lowest BCUT2D eigenvalue weighted by molar-refractivity contribution is -0.152. The van der Waals surface area contributed by atoms with E-state index in [-0.39, 0.29) is 17.6 Å². The first-order chi connectivity index (χ1) is 13.8. The summed E-state index contributed by atoms with van der Waals surface area (Å²) < 4.78 is 6.59. The van der Waals surface area contributed by atoms with Crippen molar-refractivity contribution in [2.45, 2.75) is 46.3 Å². The number of fused-ring (bicyclic) bond motifs is 1. The molecule has 8 heteroatoms. The van der Waals surface area contributed by atoms with Crippen molar-refractivity contribution in [3.8, 4) is 0 Å². The van der Waals surface area contributed by atoms with Gasteiger partial charge in [0, 0.05) is 5.69 Å². The zero-order valence-electron chi connectivity index (χ0n) is 16.8. The van der Waals surface area contributed by atoms with Crippen molar-refractivity contribution in [3.05, 3.63) is 57.5 Å². The molecular weight excluding hydrogens is 390 g/mol. The van der Waals surface area contributed by atoms with Crippen LogP contribution in [-0.2, 0) is 9.53 Å². The fourth-order valence-corrected chi connectivity index (χ4v) is 3.87. The normalized spacial score (nSPS) is 13.1. The Bertz CT molecular complexity index is 1100. The van der Waals surface area contributed by atoms with Gasteiger partial charge in [0.1, 0.15) is 10.9 Å². The van der Waals surface area contributed by atoms with Gasteiger partial charge in [-0.1, -0.05) is 25.1 Å². The number of aryl methyl sites for hydroxylation is 1. The van der Waals surface area contributed by atoms with E-state index in [4.69, 9.17) is 4.74 Å². The number of thiophene rings is 1. The minimum atomic E-state index is -0.811. The quantitative estimate of drug-likeness (QED) is 0.619. The molecule has 0 bridgehead atoms. The maximum absolute atomic E-state index is 13.0. The number of benzene rings is 1. The molecule has 7 nitrogen and oxygen atoms in total. The molecule has 0 aliphatic rings. The number of para-hydroxylation sites is 1. The molecule has 0 spiro atoms. The van der Waals surface area contributed by atoms with E-state index in [1.807, 2.05) is 25.1 Å². The van der Waals surface area contributed by atoms with Gasteiger partial charge < -0.3 is 10.1 Å². The SMILES string of the molecule is CCC(C)OC(=O)C(C)n1cnc2sc(C(=O)Nc3ccccc3)c(C)c2c1=O. The van der Waals surface area contributed by atoms with Gasteiger partial charge in [-0.25, -0.2) is 9.78 Å². The number of hydrogen-bond acceptors (Lipinski definition) is 6. The standard InChI is InChI=1S/C21H23N3O4S/c1-5-12(2)28-21(27)14(4)24-11-22-19-16(20(24)26)13(3)17(29-19)18(25)23-15-9-7-6-8-10-15/h6-12,14H,5H2,1-4H3,(H,23,25). The third-order valence-corrected chi connectivity index (χ3v) is 5.96. The highest BCUT2D eigenvalue weighted by Gasteiger charge is 2.24. The van der Waals surface area contributed by atoms with E-state index in [2.05, 4.69) is 10.3 Å². The van der Waals surface area contributed by atoms with Crippen LogP contribution in [0.2, 0.25) is 0 Å². The third-order valence-electron chi connectivity index (χ3n) is 4.76. The van der Waals surface area contributed by atoms with Crippen molar-refractivity contribution in [2.75, 3.05) is 5.32 Å². The van der Waals surface area contributed by atoms with E-state index >= 15 is 0 Å². The van der Waals surface area contributed by atoms with Gasteiger partial charge in [-0.15, -0.1) is 11.3 Å². The van der Waals surface area contributed by atoms with Gasteiger partial charge in [-0.05, 0) is 44.9 Å². The summed E-state index contributed by atoms with van der Waals surface area (Å²) in [5.41, 5.74) is 0.852. The van der Waals surface area contributed by atoms with E-state index in [0.29, 0.717) is 32.8 Å². The van der Waals surface area contributed by atoms with E-state index in [9.17, 15) is 14.4 Å². The number of nitrogens with zero attached hydrogens (tertiary/aromatic N) is 2. The molecule has 3 aromatic rings. The zero-order chi connectivity index (χ0) is 21.1. The van der Waals surface area contributed by atoms with Crippen LogP contribution in [0.4, 0.5) is 5.69 Å². The zero-order valence-corrected chi connectivity index (χ0v) is 17.6. The van der Waals surface area contributed by atoms with Crippen LogP contribution in [0, 0.1) is 6.92 Å². The Morgan fingerprint density at radius 2 is 1.93 bits per heavy atom. The minimum absolute atomic E-state index is 0.228. The van der Waals surface area contributed by atoms with E-state index in [1.54, 1.807) is 32.9 Å². The second kappa shape index (κ2) is 8.57. The number of carbonyl (C=O) groups excluding carboxylic acids is 2. The molecule has 0 saturated carbocycles. The average molecular weight is 413 g/mol. The molecule has 3 rings (SSSR count). The molecule has 0 aliphatic heterocycles. The second-order valence-corrected chi connectivity index (χ2v) is 7.84. The summed E-state index contributed by atoms with van der Waals surface area (Å²) >= 11 is 1.16. The van der Waals surface area contributed by atoms with Crippen molar-refractivity contribution >= 4 is 39.1 Å². The topological polar surface area (TPSA) is 90.3 Å². The Morgan fingerprint density at radius 3 is 2.59 bits per heavy atom. The molecule has 0 aliphatic carbocycles. The molecule has 2 heterocycles. The highest BCUT2D eigenvalue weighted by atomic mass is 32.1. The molecule has 1 aromatic carbocycles. The predicted molar refractivity (Wildman–Crippen MR) is 114 cm³/mol. The first-order valence-electron chi connectivity index (χ1n) is 9.40. The van der Waals surface area contributed by atoms with Crippen LogP contribution in [0.5, 0.6) is 0 Å². The lowest BCUT2D eigenvalue weighted by atomic mass is 10.2. The van der Waals surface area contributed by atoms with E-state index in [1.165, 1.54) is 10.9 Å². The molecule has 0 saturated heterocycles. The maximum atomic E-state index is 13.0. The van der Waals surface area contributed by atoms with Gasteiger partial charge in [0.15, 0.2) is 0 Å². The molecule has 29 heavy (non-hydrogen) atoms. The van der Waals surface area contributed by atoms with Crippen molar-refractivity contribution in [1.29, 1.82) is 0 Å². The summed E-state index contributed by atoms with van der Waals surface area (Å²) in [5.74, 6) is -0.788. The predicted octanol–water partition coefficient (Wildman–Crippen LogP) is 3.92. The monoisotopic (exact) mass is 413 g/mol. The number of carbonyl (C=O) groups is 2. The molecule has 2 atom stereocenters. The van der Waals surface area contributed by atoms with Crippen LogP contribution < -0.4 is 10.9 Å². The summed E-state index contributed by atoms with van der Waals surface area (Å²) in [5, 5.41) is 3.17. The molecule has 0 fully saturated rings. The third kappa shape index (κ3) is 4.22. The number of esters is 1. The summed E-state index contributed by atoms with van der Waals surface area (Å²) in [6, 6.07) is 8.28. The number of anilines is 1. The largest absolute Gasteiger partial charge is 0.461 e. The summed E-state index contributed by atoms with van der Waals surface area (Å²) in [4.78, 5) is 43.2. The number of hydrogen-bond donors (Lipinski definition) is 1. The molecule has 2 aromatic heterocycles. The van der Waals surface area contributed by atoms with Gasteiger partial charge in [-0.3, -0.25) is 14.2 Å². The molecule has 0 radical (unpaired) electrons. The number of aromatic nitrogens is 2. The molecule has 152 valence electrons. The fraction of sp³-hybridized carbons (Fsp3) is 0.333. The number of nitrogens with one attached hydrogen (secondary N) is 1. The highest BCUT2D eigenvalue weighted by molar-refractivity contribution is 7.20. The van der Waals surface area contributed by atoms with Gasteiger partial charge in [0.05, 0.1) is 22.7 Å². The van der Waals surface area contributed by atoms with Crippen molar-refractivity contribution in [1.82, 2.24) is 9.55 Å². The van der Waals surface area contributed by atoms with Crippen LogP contribution in [0.3, 0.4) is 0 Å². The number of amides is 1. The highest BCUT2D eigenvalue weighted by Crippen LogP contribution is 2.28. The lowest BCUT2D eigenvalue weighted by Gasteiger charge is -2.17. The van der Waals surface area contributed by atoms with Gasteiger partial charge in [0.2, 0.25) is 0 Å². The van der Waals surface area contributed by atoms with Crippen LogP contribution in [0.15, 0.2) is 41.5 Å². The Kier molecular flexibility index (Phi) is 6.12. The maximum Gasteiger partial charge on any atom is 0.329 e. The van der Waals surface area contributed by atoms with Crippen LogP contribution in [-0.4, -0.2) is 27.5 Å². The molecule has 1 N–H and O–H groups in total.